The molecule has 1 aromatic heterocycles. The molecule has 1 saturated heterocycles. The molecule has 0 aliphatic carbocycles. The predicted octanol–water partition coefficient (Wildman–Crippen LogP) is 1.59. The van der Waals surface area contributed by atoms with Crippen LogP contribution in [-0.2, 0) is 4.74 Å². The van der Waals surface area contributed by atoms with Crippen molar-refractivity contribution in [1.82, 2.24) is 9.97 Å². The van der Waals surface area contributed by atoms with Crippen LogP contribution >= 0.6 is 11.8 Å². The monoisotopic (exact) mass is 267 g/mol. The van der Waals surface area contributed by atoms with Crippen LogP contribution in [0.2, 0.25) is 0 Å². The zero-order valence-electron chi connectivity index (χ0n) is 10.8. The van der Waals surface area contributed by atoms with Gasteiger partial charge in [0.2, 0.25) is 0 Å². The number of methoxy groups -OCH3 is 1. The minimum absolute atomic E-state index is 0.223. The lowest BCUT2D eigenvalue weighted by molar-refractivity contribution is 0.0593. The highest BCUT2D eigenvalue weighted by Gasteiger charge is 2.27. The Labute approximate surface area is 111 Å². The molecule has 2 heterocycles. The van der Waals surface area contributed by atoms with Crippen molar-refractivity contribution >= 4 is 23.5 Å². The number of esters is 1. The number of ether oxygens (including phenoxy) is 1. The summed E-state index contributed by atoms with van der Waals surface area (Å²) in [4.78, 5) is 21.8. The number of aromatic nitrogens is 2. The largest absolute Gasteiger partial charge is 0.464 e. The molecule has 18 heavy (non-hydrogen) atoms. The Kier molecular flexibility index (Phi) is 3.75. The maximum atomic E-state index is 11.3. The van der Waals surface area contributed by atoms with E-state index in [2.05, 4.69) is 33.5 Å². The van der Waals surface area contributed by atoms with Gasteiger partial charge in [-0.1, -0.05) is 0 Å². The molecule has 2 rings (SSSR count). The fourth-order valence-corrected chi connectivity index (χ4v) is 3.02. The van der Waals surface area contributed by atoms with Gasteiger partial charge in [-0.15, -0.1) is 0 Å². The number of hydrogen-bond donors (Lipinski definition) is 0. The van der Waals surface area contributed by atoms with E-state index in [1.165, 1.54) is 13.3 Å². The molecule has 0 spiro atoms. The van der Waals surface area contributed by atoms with Crippen LogP contribution in [0.25, 0.3) is 0 Å². The second-order valence-electron chi connectivity index (χ2n) is 4.78. The molecule has 0 aromatic carbocycles. The molecule has 0 N–H and O–H groups in total. The average Bonchev–Trinajstić information content (AvgIpc) is 2.37. The molecule has 0 bridgehead atoms. The van der Waals surface area contributed by atoms with E-state index in [0.29, 0.717) is 0 Å². The summed E-state index contributed by atoms with van der Waals surface area (Å²) < 4.78 is 4.82. The summed E-state index contributed by atoms with van der Waals surface area (Å²) in [5, 5.41) is 0. The van der Waals surface area contributed by atoms with Crippen LogP contribution in [0.3, 0.4) is 0 Å². The van der Waals surface area contributed by atoms with Crippen molar-refractivity contribution in [2.24, 2.45) is 0 Å². The molecule has 1 aliphatic rings. The Morgan fingerprint density at radius 2 is 2.22 bits per heavy atom. The van der Waals surface area contributed by atoms with Crippen molar-refractivity contribution in [3.8, 4) is 0 Å². The Morgan fingerprint density at radius 3 is 2.78 bits per heavy atom. The van der Waals surface area contributed by atoms with Gasteiger partial charge < -0.3 is 9.64 Å². The zero-order valence-corrected chi connectivity index (χ0v) is 11.7. The third-order valence-corrected chi connectivity index (χ3v) is 4.08. The second-order valence-corrected chi connectivity index (χ2v) is 6.58. The van der Waals surface area contributed by atoms with Crippen molar-refractivity contribution in [2.45, 2.75) is 18.6 Å². The first kappa shape index (κ1) is 13.1. The Hall–Kier alpha value is -1.30. The third-order valence-electron chi connectivity index (χ3n) is 2.78. The molecule has 6 heteroatoms. The minimum Gasteiger partial charge on any atom is -0.464 e. The molecule has 5 nitrogen and oxygen atoms in total. The molecular formula is C12H17N3O2S. The van der Waals surface area contributed by atoms with Crippen molar-refractivity contribution in [2.75, 3.05) is 30.9 Å². The average molecular weight is 267 g/mol. The normalized spacial score (nSPS) is 18.5. The summed E-state index contributed by atoms with van der Waals surface area (Å²) in [6.45, 7) is 6.34. The van der Waals surface area contributed by atoms with E-state index in [0.717, 1.165) is 24.7 Å². The van der Waals surface area contributed by atoms with Gasteiger partial charge in [0.25, 0.3) is 0 Å². The van der Waals surface area contributed by atoms with Gasteiger partial charge in [0.15, 0.2) is 5.69 Å². The van der Waals surface area contributed by atoms with Gasteiger partial charge in [0.1, 0.15) is 5.82 Å². The quantitative estimate of drug-likeness (QED) is 0.759. The van der Waals surface area contributed by atoms with Gasteiger partial charge in [-0.2, -0.15) is 11.8 Å². The number of anilines is 1. The minimum atomic E-state index is -0.455. The highest BCUT2D eigenvalue weighted by Crippen LogP contribution is 2.31. The van der Waals surface area contributed by atoms with Crippen LogP contribution in [-0.4, -0.2) is 46.6 Å². The van der Waals surface area contributed by atoms with Gasteiger partial charge in [-0.3, -0.25) is 0 Å². The third kappa shape index (κ3) is 2.93. The maximum absolute atomic E-state index is 11.3. The standard InChI is InChI=1S/C12H17N3O2S/c1-12(2)8-15(4-5-18-12)10-7-13-9(6-14-10)11(16)17-3/h6-7H,4-5,8H2,1-3H3. The molecule has 98 valence electrons. The van der Waals surface area contributed by atoms with Crippen molar-refractivity contribution in [3.05, 3.63) is 18.1 Å². The van der Waals surface area contributed by atoms with E-state index >= 15 is 0 Å². The van der Waals surface area contributed by atoms with Gasteiger partial charge in [0.05, 0.1) is 19.5 Å². The second kappa shape index (κ2) is 5.14. The van der Waals surface area contributed by atoms with E-state index in [1.54, 1.807) is 6.20 Å². The molecular weight excluding hydrogens is 250 g/mol. The Bertz CT molecular complexity index is 433. The van der Waals surface area contributed by atoms with E-state index in [4.69, 9.17) is 0 Å². The van der Waals surface area contributed by atoms with Gasteiger partial charge >= 0.3 is 5.97 Å². The van der Waals surface area contributed by atoms with Crippen molar-refractivity contribution in [1.29, 1.82) is 0 Å². The lowest BCUT2D eigenvalue weighted by Gasteiger charge is -2.38. The van der Waals surface area contributed by atoms with Gasteiger partial charge in [0, 0.05) is 23.6 Å². The lowest BCUT2D eigenvalue weighted by atomic mass is 10.2. The highest BCUT2D eigenvalue weighted by molar-refractivity contribution is 8.00. The van der Waals surface area contributed by atoms with Crippen LogP contribution in [0.15, 0.2) is 12.4 Å². The number of carbonyl (C=O) groups excluding carboxylic acids is 1. The lowest BCUT2D eigenvalue weighted by Crippen LogP contribution is -2.43. The molecule has 0 radical (unpaired) electrons. The van der Waals surface area contributed by atoms with Crippen LogP contribution in [0.5, 0.6) is 0 Å². The van der Waals surface area contributed by atoms with Crippen LogP contribution in [0, 0.1) is 0 Å². The summed E-state index contributed by atoms with van der Waals surface area (Å²) in [5.74, 6) is 1.44. The number of rotatable bonds is 2. The SMILES string of the molecule is COC(=O)c1cnc(N2CCSC(C)(C)C2)cn1. The van der Waals surface area contributed by atoms with E-state index in [-0.39, 0.29) is 10.4 Å². The molecule has 0 atom stereocenters. The number of nitrogens with zero attached hydrogens (tertiary/aromatic N) is 3. The first-order valence-corrected chi connectivity index (χ1v) is 6.80. The number of carbonyl (C=O) groups is 1. The van der Waals surface area contributed by atoms with E-state index < -0.39 is 5.97 Å². The first-order valence-electron chi connectivity index (χ1n) is 5.81. The fraction of sp³-hybridized carbons (Fsp3) is 0.583. The molecule has 1 fully saturated rings. The van der Waals surface area contributed by atoms with Crippen molar-refractivity contribution < 1.29 is 9.53 Å². The first-order chi connectivity index (χ1) is 8.52. The summed E-state index contributed by atoms with van der Waals surface area (Å²) in [5.41, 5.74) is 0.242. The summed E-state index contributed by atoms with van der Waals surface area (Å²) >= 11 is 1.97. The van der Waals surface area contributed by atoms with Crippen LogP contribution in [0.4, 0.5) is 5.82 Å². The van der Waals surface area contributed by atoms with E-state index in [1.807, 2.05) is 11.8 Å². The van der Waals surface area contributed by atoms with Crippen molar-refractivity contribution in [3.63, 3.8) is 0 Å². The molecule has 0 amide bonds. The fourth-order valence-electron chi connectivity index (χ4n) is 1.91. The number of hydrogen-bond acceptors (Lipinski definition) is 6. The summed E-state index contributed by atoms with van der Waals surface area (Å²) in [7, 11) is 1.34. The molecule has 1 aliphatic heterocycles. The topological polar surface area (TPSA) is 55.3 Å². The van der Waals surface area contributed by atoms with Gasteiger partial charge in [-0.25, -0.2) is 14.8 Å². The van der Waals surface area contributed by atoms with Crippen LogP contribution in [0.1, 0.15) is 24.3 Å². The number of thioether (sulfide) groups is 1. The zero-order chi connectivity index (χ0) is 13.2. The maximum Gasteiger partial charge on any atom is 0.358 e. The predicted molar refractivity (Wildman–Crippen MR) is 72.1 cm³/mol. The molecule has 0 unspecified atom stereocenters. The summed E-state index contributed by atoms with van der Waals surface area (Å²) in [6, 6.07) is 0. The smallest absolute Gasteiger partial charge is 0.358 e. The Balaban J connectivity index is 2.12. The van der Waals surface area contributed by atoms with E-state index in [9.17, 15) is 4.79 Å². The van der Waals surface area contributed by atoms with Gasteiger partial charge in [-0.05, 0) is 13.8 Å². The van der Waals surface area contributed by atoms with Crippen LogP contribution < -0.4 is 4.90 Å². The highest BCUT2D eigenvalue weighted by atomic mass is 32.2. The Morgan fingerprint density at radius 1 is 1.44 bits per heavy atom. The summed E-state index contributed by atoms with van der Waals surface area (Å²) in [6.07, 6.45) is 3.11. The molecule has 1 aromatic rings. The molecule has 0 saturated carbocycles.